The van der Waals surface area contributed by atoms with E-state index in [0.717, 1.165) is 4.47 Å². The van der Waals surface area contributed by atoms with Crippen LogP contribution in [0, 0.1) is 17.2 Å². The Hall–Kier alpha value is -1.21. The van der Waals surface area contributed by atoms with E-state index in [2.05, 4.69) is 20.9 Å². The van der Waals surface area contributed by atoms with E-state index >= 15 is 0 Å². The molecule has 1 aromatic rings. The number of nitriles is 1. The maximum absolute atomic E-state index is 11.7. The Bertz CT molecular complexity index is 384. The van der Waals surface area contributed by atoms with E-state index in [4.69, 9.17) is 5.26 Å². The number of Topliss-reactive ketones (excluding diaryl/α,β-unsaturated/α-hetero) is 1. The third kappa shape index (κ3) is 2.64. The standard InChI is InChI=1S/C10H9BrN2O/c1-7(2-3-12)10(14)8-4-9(11)6-13-5-8/h4-7H,2H2,1H3. The van der Waals surface area contributed by atoms with Crippen molar-refractivity contribution >= 4 is 21.7 Å². The van der Waals surface area contributed by atoms with Crippen molar-refractivity contribution in [3.8, 4) is 6.07 Å². The monoisotopic (exact) mass is 252 g/mol. The van der Waals surface area contributed by atoms with Crippen LogP contribution in [0.15, 0.2) is 22.9 Å². The summed E-state index contributed by atoms with van der Waals surface area (Å²) in [5.41, 5.74) is 0.544. The summed E-state index contributed by atoms with van der Waals surface area (Å²) in [6.45, 7) is 1.74. The average Bonchev–Trinajstić information content (AvgIpc) is 2.17. The smallest absolute Gasteiger partial charge is 0.168 e. The molecule has 0 saturated carbocycles. The fraction of sp³-hybridized carbons (Fsp3) is 0.300. The van der Waals surface area contributed by atoms with E-state index < -0.39 is 0 Å². The van der Waals surface area contributed by atoms with Crippen molar-refractivity contribution in [1.29, 1.82) is 5.26 Å². The van der Waals surface area contributed by atoms with Gasteiger partial charge in [-0.25, -0.2) is 0 Å². The second-order valence-corrected chi connectivity index (χ2v) is 3.94. The molecule has 0 bridgehead atoms. The van der Waals surface area contributed by atoms with Crippen molar-refractivity contribution < 1.29 is 4.79 Å². The summed E-state index contributed by atoms with van der Waals surface area (Å²) in [7, 11) is 0. The van der Waals surface area contributed by atoms with E-state index in [0.29, 0.717) is 5.56 Å². The molecule has 0 aromatic carbocycles. The summed E-state index contributed by atoms with van der Waals surface area (Å²) in [6, 6.07) is 3.69. The number of rotatable bonds is 3. The average molecular weight is 253 g/mol. The summed E-state index contributed by atoms with van der Waals surface area (Å²) in [5.74, 6) is -0.309. The molecule has 0 spiro atoms. The summed E-state index contributed by atoms with van der Waals surface area (Å²) in [4.78, 5) is 15.6. The van der Waals surface area contributed by atoms with E-state index in [1.807, 2.05) is 6.07 Å². The van der Waals surface area contributed by atoms with Gasteiger partial charge in [0.15, 0.2) is 5.78 Å². The summed E-state index contributed by atoms with van der Waals surface area (Å²) in [5, 5.41) is 8.46. The number of halogens is 1. The van der Waals surface area contributed by atoms with Crippen LogP contribution in [0.5, 0.6) is 0 Å². The number of aromatic nitrogens is 1. The van der Waals surface area contributed by atoms with Gasteiger partial charge in [0.1, 0.15) is 0 Å². The number of hydrogen-bond donors (Lipinski definition) is 0. The molecule has 0 aliphatic carbocycles. The quantitative estimate of drug-likeness (QED) is 0.778. The molecule has 4 heteroatoms. The Morgan fingerprint density at radius 1 is 1.71 bits per heavy atom. The normalized spacial score (nSPS) is 11.8. The molecule has 1 unspecified atom stereocenters. The summed E-state index contributed by atoms with van der Waals surface area (Å²) in [6.07, 6.45) is 3.37. The van der Waals surface area contributed by atoms with Gasteiger partial charge in [0.2, 0.25) is 0 Å². The van der Waals surface area contributed by atoms with Gasteiger partial charge in [0.25, 0.3) is 0 Å². The molecule has 0 aliphatic heterocycles. The molecule has 1 heterocycles. The van der Waals surface area contributed by atoms with Crippen LogP contribution in [0.4, 0.5) is 0 Å². The van der Waals surface area contributed by atoms with E-state index in [1.165, 1.54) is 6.20 Å². The van der Waals surface area contributed by atoms with Crippen LogP contribution >= 0.6 is 15.9 Å². The van der Waals surface area contributed by atoms with Crippen LogP contribution in [0.3, 0.4) is 0 Å². The lowest BCUT2D eigenvalue weighted by atomic mass is 9.98. The van der Waals surface area contributed by atoms with Crippen LogP contribution in [0.1, 0.15) is 23.7 Å². The zero-order valence-corrected chi connectivity index (χ0v) is 9.28. The van der Waals surface area contributed by atoms with Crippen molar-refractivity contribution in [2.75, 3.05) is 0 Å². The highest BCUT2D eigenvalue weighted by molar-refractivity contribution is 9.10. The van der Waals surface area contributed by atoms with Gasteiger partial charge in [-0.05, 0) is 22.0 Å². The Kier molecular flexibility index (Phi) is 3.78. The molecular formula is C10H9BrN2O. The van der Waals surface area contributed by atoms with Crippen molar-refractivity contribution in [3.63, 3.8) is 0 Å². The third-order valence-electron chi connectivity index (χ3n) is 1.83. The van der Waals surface area contributed by atoms with Gasteiger partial charge in [0.05, 0.1) is 6.07 Å². The fourth-order valence-corrected chi connectivity index (χ4v) is 1.43. The molecule has 0 radical (unpaired) electrons. The minimum absolute atomic E-state index is 0.0413. The molecule has 0 aliphatic rings. The highest BCUT2D eigenvalue weighted by Crippen LogP contribution is 2.14. The van der Waals surface area contributed by atoms with Gasteiger partial charge < -0.3 is 0 Å². The zero-order valence-electron chi connectivity index (χ0n) is 7.70. The molecule has 1 rings (SSSR count). The van der Waals surface area contributed by atoms with Gasteiger partial charge in [-0.2, -0.15) is 5.26 Å². The molecule has 3 nitrogen and oxygen atoms in total. The first-order chi connectivity index (χ1) is 6.65. The van der Waals surface area contributed by atoms with E-state index in [1.54, 1.807) is 19.2 Å². The summed E-state index contributed by atoms with van der Waals surface area (Å²) < 4.78 is 0.771. The second-order valence-electron chi connectivity index (χ2n) is 3.02. The number of ketones is 1. The lowest BCUT2D eigenvalue weighted by molar-refractivity contribution is 0.0931. The molecule has 0 saturated heterocycles. The Balaban J connectivity index is 2.85. The number of carbonyl (C=O) groups is 1. The topological polar surface area (TPSA) is 53.8 Å². The van der Waals surface area contributed by atoms with Crippen molar-refractivity contribution in [1.82, 2.24) is 4.98 Å². The van der Waals surface area contributed by atoms with Crippen LogP contribution in [-0.2, 0) is 0 Å². The number of carbonyl (C=O) groups excluding carboxylic acids is 1. The molecular weight excluding hydrogens is 244 g/mol. The van der Waals surface area contributed by atoms with Crippen molar-refractivity contribution in [3.05, 3.63) is 28.5 Å². The van der Waals surface area contributed by atoms with Gasteiger partial charge in [-0.15, -0.1) is 0 Å². The third-order valence-corrected chi connectivity index (χ3v) is 2.27. The van der Waals surface area contributed by atoms with Crippen LogP contribution in [0.2, 0.25) is 0 Å². The largest absolute Gasteiger partial charge is 0.294 e. The number of pyridine rings is 1. The lowest BCUT2D eigenvalue weighted by Crippen LogP contribution is -2.10. The second kappa shape index (κ2) is 4.87. The maximum Gasteiger partial charge on any atom is 0.168 e. The predicted octanol–water partition coefficient (Wildman–Crippen LogP) is 2.58. The molecule has 0 N–H and O–H groups in total. The maximum atomic E-state index is 11.7. The lowest BCUT2D eigenvalue weighted by Gasteiger charge is -2.05. The minimum atomic E-state index is -0.268. The highest BCUT2D eigenvalue weighted by atomic mass is 79.9. The SMILES string of the molecule is CC(CC#N)C(=O)c1cncc(Br)c1. The van der Waals surface area contributed by atoms with Gasteiger partial charge in [-0.1, -0.05) is 6.92 Å². The molecule has 0 amide bonds. The van der Waals surface area contributed by atoms with Gasteiger partial charge in [-0.3, -0.25) is 9.78 Å². The molecule has 14 heavy (non-hydrogen) atoms. The number of hydrogen-bond acceptors (Lipinski definition) is 3. The molecule has 1 aromatic heterocycles. The van der Waals surface area contributed by atoms with E-state index in [-0.39, 0.29) is 18.1 Å². The first-order valence-corrected chi connectivity index (χ1v) is 4.96. The van der Waals surface area contributed by atoms with Crippen LogP contribution < -0.4 is 0 Å². The first kappa shape index (κ1) is 10.9. The molecule has 72 valence electrons. The number of nitrogens with zero attached hydrogens (tertiary/aromatic N) is 2. The van der Waals surface area contributed by atoms with Gasteiger partial charge >= 0.3 is 0 Å². The van der Waals surface area contributed by atoms with Crippen LogP contribution in [0.25, 0.3) is 0 Å². The minimum Gasteiger partial charge on any atom is -0.294 e. The zero-order chi connectivity index (χ0) is 10.6. The first-order valence-electron chi connectivity index (χ1n) is 4.17. The van der Waals surface area contributed by atoms with Crippen molar-refractivity contribution in [2.45, 2.75) is 13.3 Å². The van der Waals surface area contributed by atoms with E-state index in [9.17, 15) is 4.79 Å². The highest BCUT2D eigenvalue weighted by Gasteiger charge is 2.14. The summed E-state index contributed by atoms with van der Waals surface area (Å²) >= 11 is 3.24. The van der Waals surface area contributed by atoms with Crippen LogP contribution in [-0.4, -0.2) is 10.8 Å². The molecule has 0 fully saturated rings. The fourth-order valence-electron chi connectivity index (χ4n) is 1.06. The van der Waals surface area contributed by atoms with Gasteiger partial charge in [0, 0.05) is 34.8 Å². The Morgan fingerprint density at radius 3 is 3.00 bits per heavy atom. The molecule has 1 atom stereocenters. The van der Waals surface area contributed by atoms with Crippen molar-refractivity contribution in [2.24, 2.45) is 5.92 Å². The Morgan fingerprint density at radius 2 is 2.43 bits per heavy atom. The Labute approximate surface area is 90.9 Å². The predicted molar refractivity (Wildman–Crippen MR) is 55.7 cm³/mol.